The zero-order valence-corrected chi connectivity index (χ0v) is 11.8. The molecule has 5 nitrogen and oxygen atoms in total. The molecule has 0 bridgehead atoms. The van der Waals surface area contributed by atoms with E-state index in [-0.39, 0.29) is 17.9 Å². The molecule has 0 radical (unpaired) electrons. The van der Waals surface area contributed by atoms with Crippen LogP contribution in [0.4, 0.5) is 5.13 Å². The number of ether oxygens (including phenoxy) is 1. The minimum atomic E-state index is -0.283. The first kappa shape index (κ1) is 13.1. The van der Waals surface area contributed by atoms with E-state index in [1.807, 2.05) is 36.6 Å². The average Bonchev–Trinajstić information content (AvgIpc) is 3.04. The Labute approximate surface area is 120 Å². The van der Waals surface area contributed by atoms with E-state index in [0.29, 0.717) is 11.7 Å². The number of para-hydroxylation sites is 1. The van der Waals surface area contributed by atoms with Gasteiger partial charge in [0.1, 0.15) is 18.3 Å². The summed E-state index contributed by atoms with van der Waals surface area (Å²) in [6.45, 7) is 2.23. The third-order valence-electron chi connectivity index (χ3n) is 3.24. The SMILES string of the molecule is CC(N)c1csc(NC(=O)C2COc3ccccc32)n1. The van der Waals surface area contributed by atoms with Crippen molar-refractivity contribution in [3.63, 3.8) is 0 Å². The van der Waals surface area contributed by atoms with Crippen LogP contribution in [0.25, 0.3) is 0 Å². The molecule has 0 saturated carbocycles. The number of nitrogens with zero attached hydrogens (tertiary/aromatic N) is 1. The van der Waals surface area contributed by atoms with Crippen molar-refractivity contribution in [2.75, 3.05) is 11.9 Å². The van der Waals surface area contributed by atoms with E-state index in [1.54, 1.807) is 0 Å². The van der Waals surface area contributed by atoms with Crippen molar-refractivity contribution in [2.24, 2.45) is 5.73 Å². The topological polar surface area (TPSA) is 77.2 Å². The number of hydrogen-bond donors (Lipinski definition) is 2. The van der Waals surface area contributed by atoms with Crippen LogP contribution in [-0.4, -0.2) is 17.5 Å². The fourth-order valence-corrected chi connectivity index (χ4v) is 2.94. The van der Waals surface area contributed by atoms with Gasteiger partial charge in [-0.05, 0) is 13.0 Å². The third-order valence-corrected chi connectivity index (χ3v) is 4.01. The first-order valence-electron chi connectivity index (χ1n) is 6.38. The fraction of sp³-hybridized carbons (Fsp3) is 0.286. The van der Waals surface area contributed by atoms with Crippen LogP contribution in [0.3, 0.4) is 0 Å². The largest absolute Gasteiger partial charge is 0.492 e. The Morgan fingerprint density at radius 2 is 2.35 bits per heavy atom. The van der Waals surface area contributed by atoms with Crippen LogP contribution in [0.5, 0.6) is 5.75 Å². The monoisotopic (exact) mass is 289 g/mol. The minimum absolute atomic E-state index is 0.0967. The molecule has 3 N–H and O–H groups in total. The number of aromatic nitrogens is 1. The molecular formula is C14H15N3O2S. The lowest BCUT2D eigenvalue weighted by Gasteiger charge is -2.07. The smallest absolute Gasteiger partial charge is 0.237 e. The highest BCUT2D eigenvalue weighted by atomic mass is 32.1. The van der Waals surface area contributed by atoms with Crippen molar-refractivity contribution in [2.45, 2.75) is 18.9 Å². The minimum Gasteiger partial charge on any atom is -0.492 e. The van der Waals surface area contributed by atoms with Gasteiger partial charge < -0.3 is 15.8 Å². The van der Waals surface area contributed by atoms with Gasteiger partial charge in [0.2, 0.25) is 5.91 Å². The van der Waals surface area contributed by atoms with Crippen molar-refractivity contribution in [3.05, 3.63) is 40.9 Å². The lowest BCUT2D eigenvalue weighted by molar-refractivity contribution is -0.117. The molecule has 2 atom stereocenters. The number of carbonyl (C=O) groups is 1. The number of benzene rings is 1. The summed E-state index contributed by atoms with van der Waals surface area (Å²) in [4.78, 5) is 16.6. The Bertz CT molecular complexity index is 639. The summed E-state index contributed by atoms with van der Waals surface area (Å²) in [5.41, 5.74) is 7.47. The second kappa shape index (κ2) is 5.22. The maximum absolute atomic E-state index is 12.3. The number of amides is 1. The van der Waals surface area contributed by atoms with Crippen LogP contribution in [0.1, 0.15) is 30.1 Å². The van der Waals surface area contributed by atoms with E-state index < -0.39 is 0 Å². The summed E-state index contributed by atoms with van der Waals surface area (Å²) in [6.07, 6.45) is 0. The summed E-state index contributed by atoms with van der Waals surface area (Å²) in [7, 11) is 0. The second-order valence-electron chi connectivity index (χ2n) is 4.76. The molecular weight excluding hydrogens is 274 g/mol. The van der Waals surface area contributed by atoms with Crippen molar-refractivity contribution >= 4 is 22.4 Å². The number of carbonyl (C=O) groups excluding carboxylic acids is 1. The first-order valence-corrected chi connectivity index (χ1v) is 7.26. The van der Waals surface area contributed by atoms with Gasteiger partial charge in [-0.3, -0.25) is 4.79 Å². The predicted octanol–water partition coefficient (Wildman–Crippen LogP) is 2.28. The summed E-state index contributed by atoms with van der Waals surface area (Å²) >= 11 is 1.38. The number of nitrogens with one attached hydrogen (secondary N) is 1. The average molecular weight is 289 g/mol. The zero-order valence-electron chi connectivity index (χ0n) is 11.0. The first-order chi connectivity index (χ1) is 9.65. The van der Waals surface area contributed by atoms with Gasteiger partial charge in [0, 0.05) is 17.0 Å². The number of nitrogens with two attached hydrogens (primary N) is 1. The molecule has 0 spiro atoms. The Morgan fingerprint density at radius 3 is 3.10 bits per heavy atom. The van der Waals surface area contributed by atoms with E-state index >= 15 is 0 Å². The van der Waals surface area contributed by atoms with Crippen molar-refractivity contribution < 1.29 is 9.53 Å². The highest BCUT2D eigenvalue weighted by molar-refractivity contribution is 7.13. The molecule has 2 aromatic rings. The Kier molecular flexibility index (Phi) is 3.42. The fourth-order valence-electron chi connectivity index (χ4n) is 2.12. The van der Waals surface area contributed by atoms with Gasteiger partial charge in [-0.15, -0.1) is 11.3 Å². The lowest BCUT2D eigenvalue weighted by atomic mass is 10.0. The number of fused-ring (bicyclic) bond motifs is 1. The molecule has 1 aromatic heterocycles. The molecule has 20 heavy (non-hydrogen) atoms. The van der Waals surface area contributed by atoms with Gasteiger partial charge >= 0.3 is 0 Å². The number of thiazole rings is 1. The van der Waals surface area contributed by atoms with E-state index in [2.05, 4.69) is 10.3 Å². The van der Waals surface area contributed by atoms with Crippen LogP contribution in [-0.2, 0) is 4.79 Å². The Balaban J connectivity index is 1.74. The van der Waals surface area contributed by atoms with Crippen LogP contribution in [0.15, 0.2) is 29.6 Å². The predicted molar refractivity (Wildman–Crippen MR) is 78.0 cm³/mol. The highest BCUT2D eigenvalue weighted by Crippen LogP contribution is 2.34. The number of rotatable bonds is 3. The van der Waals surface area contributed by atoms with Gasteiger partial charge in [0.15, 0.2) is 5.13 Å². The van der Waals surface area contributed by atoms with Gasteiger partial charge in [-0.25, -0.2) is 4.98 Å². The van der Waals surface area contributed by atoms with Gasteiger partial charge in [-0.1, -0.05) is 18.2 Å². The van der Waals surface area contributed by atoms with Crippen LogP contribution < -0.4 is 15.8 Å². The quantitative estimate of drug-likeness (QED) is 0.908. The number of anilines is 1. The maximum atomic E-state index is 12.3. The molecule has 1 amide bonds. The third kappa shape index (κ3) is 2.39. The summed E-state index contributed by atoms with van der Waals surface area (Å²) in [5, 5.41) is 5.27. The van der Waals surface area contributed by atoms with Gasteiger partial charge in [0.25, 0.3) is 0 Å². The van der Waals surface area contributed by atoms with Crippen LogP contribution in [0.2, 0.25) is 0 Å². The van der Waals surface area contributed by atoms with Gasteiger partial charge in [-0.2, -0.15) is 0 Å². The molecule has 1 aromatic carbocycles. The molecule has 3 rings (SSSR count). The van der Waals surface area contributed by atoms with Crippen molar-refractivity contribution in [3.8, 4) is 5.75 Å². The molecule has 0 saturated heterocycles. The summed E-state index contributed by atoms with van der Waals surface area (Å²) < 4.78 is 5.52. The molecule has 6 heteroatoms. The summed E-state index contributed by atoms with van der Waals surface area (Å²) in [5.74, 6) is 0.400. The van der Waals surface area contributed by atoms with E-state index in [1.165, 1.54) is 11.3 Å². The molecule has 1 aliphatic heterocycles. The van der Waals surface area contributed by atoms with Crippen molar-refractivity contribution in [1.29, 1.82) is 0 Å². The van der Waals surface area contributed by atoms with Crippen LogP contribution in [0, 0.1) is 0 Å². The number of hydrogen-bond acceptors (Lipinski definition) is 5. The molecule has 1 aliphatic rings. The standard InChI is InChI=1S/C14H15N3O2S/c1-8(15)11-7-20-14(16-11)17-13(18)10-6-19-12-5-3-2-4-9(10)12/h2-5,7-8,10H,6,15H2,1H3,(H,16,17,18). The highest BCUT2D eigenvalue weighted by Gasteiger charge is 2.30. The zero-order chi connectivity index (χ0) is 14.1. The molecule has 104 valence electrons. The molecule has 0 fully saturated rings. The van der Waals surface area contributed by atoms with E-state index in [9.17, 15) is 4.79 Å². The van der Waals surface area contributed by atoms with E-state index in [4.69, 9.17) is 10.5 Å². The Hall–Kier alpha value is -1.92. The van der Waals surface area contributed by atoms with Crippen LogP contribution >= 0.6 is 11.3 Å². The maximum Gasteiger partial charge on any atom is 0.237 e. The molecule has 2 heterocycles. The second-order valence-corrected chi connectivity index (χ2v) is 5.61. The molecule has 0 aliphatic carbocycles. The van der Waals surface area contributed by atoms with Crippen molar-refractivity contribution in [1.82, 2.24) is 4.98 Å². The summed E-state index contributed by atoms with van der Waals surface area (Å²) in [6, 6.07) is 7.47. The Morgan fingerprint density at radius 1 is 1.55 bits per heavy atom. The lowest BCUT2D eigenvalue weighted by Crippen LogP contribution is -2.22. The molecule has 2 unspecified atom stereocenters. The normalized spacial score (nSPS) is 18.2. The van der Waals surface area contributed by atoms with E-state index in [0.717, 1.165) is 17.0 Å². The van der Waals surface area contributed by atoms with Gasteiger partial charge in [0.05, 0.1) is 5.69 Å².